The number of benzene rings is 3. The van der Waals surface area contributed by atoms with Crippen molar-refractivity contribution in [3.05, 3.63) is 89.0 Å². The quantitative estimate of drug-likeness (QED) is 0.173. The maximum Gasteiger partial charge on any atom is 0.304 e. The molecule has 7 atom stereocenters. The summed E-state index contributed by atoms with van der Waals surface area (Å²) in [4.78, 5) is 96.9. The SMILES string of the molecule is CC(=O)OC1CC(=O)N1c1cccc(CN2C(=O)[C@@]3(O[C@@H](CC(=O)N4Cc5ccccc5C[C@H]4CO)[C@H]([Si](C)(C)O)[C@H]3C)c3cc(N4C(=O)CC4OC(C)=O)ccc32)c1. The molecule has 310 valence electrons. The van der Waals surface area contributed by atoms with Gasteiger partial charge in [0.1, 0.15) is 0 Å². The number of hydrogen-bond donors (Lipinski definition) is 2. The number of aliphatic hydroxyl groups is 1. The van der Waals surface area contributed by atoms with Crippen LogP contribution >= 0.6 is 0 Å². The predicted molar refractivity (Wildman–Crippen MR) is 215 cm³/mol. The third-order valence-corrected chi connectivity index (χ3v) is 15.0. The summed E-state index contributed by atoms with van der Waals surface area (Å²) in [5.74, 6) is -2.91. The number of amides is 4. The van der Waals surface area contributed by atoms with Crippen LogP contribution in [0.2, 0.25) is 18.6 Å². The highest BCUT2D eigenvalue weighted by Gasteiger charge is 2.67. The van der Waals surface area contributed by atoms with E-state index >= 15 is 4.79 Å². The smallest absolute Gasteiger partial charge is 0.304 e. The Balaban J connectivity index is 1.17. The van der Waals surface area contributed by atoms with Crippen molar-refractivity contribution in [2.75, 3.05) is 21.3 Å². The molecular formula is C43H48N4O11Si. The molecule has 3 aromatic rings. The molecule has 0 radical (unpaired) electrons. The molecule has 8 rings (SSSR count). The van der Waals surface area contributed by atoms with Crippen LogP contribution in [-0.2, 0) is 68.1 Å². The standard InChI is InChI=1S/C43H48N4O11Si/c1-24-41(59(4,5)55)35(18-36(51)44-22-29-11-7-6-10-28(29)16-32(44)23-48)58-43(24)33-17-31(47-38(53)20-40(47)57-26(3)50)13-14-34(33)45(42(43)54)21-27-9-8-12-30(15-27)46-37(52)19-39(46)56-25(2)49/h6-15,17,24,32,35,39-41,48,55H,16,18-23H2,1-5H3/t24-,32+,35+,39?,40?,41-,43+/m1/s1. The molecule has 2 unspecified atom stereocenters. The van der Waals surface area contributed by atoms with Gasteiger partial charge in [-0.3, -0.25) is 38.6 Å². The molecule has 0 aliphatic carbocycles. The van der Waals surface area contributed by atoms with E-state index in [-0.39, 0.29) is 50.1 Å². The number of anilines is 3. The normalized spacial score (nSPS) is 27.3. The predicted octanol–water partition coefficient (Wildman–Crippen LogP) is 3.62. The topological polar surface area (TPSA) is 184 Å². The molecule has 0 aromatic heterocycles. The van der Waals surface area contributed by atoms with Gasteiger partial charge in [-0.25, -0.2) is 0 Å². The van der Waals surface area contributed by atoms with Gasteiger partial charge >= 0.3 is 11.9 Å². The van der Waals surface area contributed by atoms with Gasteiger partial charge in [0.25, 0.3) is 5.91 Å². The van der Waals surface area contributed by atoms with Gasteiger partial charge in [0.05, 0.1) is 50.2 Å². The number of carbonyl (C=O) groups is 6. The van der Waals surface area contributed by atoms with E-state index in [1.165, 1.54) is 23.6 Å². The lowest BCUT2D eigenvalue weighted by atomic mass is 9.82. The minimum absolute atomic E-state index is 0.000309. The molecule has 0 saturated carbocycles. The monoisotopic (exact) mass is 824 g/mol. The van der Waals surface area contributed by atoms with E-state index in [2.05, 4.69) is 0 Å². The van der Waals surface area contributed by atoms with Crippen LogP contribution in [0.4, 0.5) is 17.1 Å². The molecular weight excluding hydrogens is 777 g/mol. The van der Waals surface area contributed by atoms with Crippen molar-refractivity contribution in [2.45, 2.75) is 108 Å². The van der Waals surface area contributed by atoms with E-state index in [0.717, 1.165) is 11.1 Å². The van der Waals surface area contributed by atoms with E-state index in [1.54, 1.807) is 59.3 Å². The highest BCUT2D eigenvalue weighted by atomic mass is 28.4. The van der Waals surface area contributed by atoms with Crippen LogP contribution in [0.1, 0.15) is 62.3 Å². The second kappa shape index (κ2) is 15.0. The lowest BCUT2D eigenvalue weighted by Crippen LogP contribution is -2.55. The first kappa shape index (κ1) is 40.4. The number of nitrogens with zero attached hydrogens (tertiary/aromatic N) is 4. The van der Waals surface area contributed by atoms with E-state index < -0.39 is 67.8 Å². The van der Waals surface area contributed by atoms with Crippen molar-refractivity contribution in [1.29, 1.82) is 0 Å². The van der Waals surface area contributed by atoms with Crippen LogP contribution in [0, 0.1) is 5.92 Å². The van der Waals surface area contributed by atoms with E-state index in [9.17, 15) is 33.9 Å². The minimum Gasteiger partial charge on any atom is -0.441 e. The Hall–Kier alpha value is -5.42. The molecule has 1 spiro atoms. The molecule has 2 N–H and O–H groups in total. The van der Waals surface area contributed by atoms with Crippen LogP contribution < -0.4 is 14.7 Å². The van der Waals surface area contributed by atoms with E-state index in [1.807, 2.05) is 37.3 Å². The summed E-state index contributed by atoms with van der Waals surface area (Å²) >= 11 is 0. The van der Waals surface area contributed by atoms with Crippen LogP contribution in [0.25, 0.3) is 0 Å². The largest absolute Gasteiger partial charge is 0.441 e. The van der Waals surface area contributed by atoms with Crippen molar-refractivity contribution in [2.24, 2.45) is 5.92 Å². The Kier molecular flexibility index (Phi) is 10.3. The number of hydrogen-bond acceptors (Lipinski definition) is 11. The first-order valence-corrected chi connectivity index (χ1v) is 23.0. The van der Waals surface area contributed by atoms with Gasteiger partial charge in [-0.1, -0.05) is 43.3 Å². The number of fused-ring (bicyclic) bond motifs is 3. The summed E-state index contributed by atoms with van der Waals surface area (Å²) in [6, 6.07) is 19.5. The van der Waals surface area contributed by atoms with Crippen LogP contribution in [0.3, 0.4) is 0 Å². The fourth-order valence-corrected chi connectivity index (χ4v) is 12.4. The van der Waals surface area contributed by atoms with E-state index in [0.29, 0.717) is 41.2 Å². The zero-order valence-electron chi connectivity index (χ0n) is 33.6. The average molecular weight is 825 g/mol. The summed E-state index contributed by atoms with van der Waals surface area (Å²) in [7, 11) is -3.22. The Morgan fingerprint density at radius 1 is 0.847 bits per heavy atom. The molecule has 5 aliphatic heterocycles. The first-order valence-electron chi connectivity index (χ1n) is 19.9. The van der Waals surface area contributed by atoms with Gasteiger partial charge in [-0.05, 0) is 66.5 Å². The number of ether oxygens (including phenoxy) is 3. The molecule has 3 aromatic carbocycles. The van der Waals surface area contributed by atoms with Gasteiger partial charge in [0.2, 0.25) is 17.7 Å². The third kappa shape index (κ3) is 6.90. The van der Waals surface area contributed by atoms with Crippen LogP contribution in [0.15, 0.2) is 66.7 Å². The van der Waals surface area contributed by atoms with Crippen LogP contribution in [0.5, 0.6) is 0 Å². The van der Waals surface area contributed by atoms with Crippen molar-refractivity contribution in [3.63, 3.8) is 0 Å². The Morgan fingerprint density at radius 2 is 1.47 bits per heavy atom. The molecule has 3 saturated heterocycles. The molecule has 0 bridgehead atoms. The lowest BCUT2D eigenvalue weighted by Gasteiger charge is -2.39. The highest BCUT2D eigenvalue weighted by molar-refractivity contribution is 6.71. The molecule has 59 heavy (non-hydrogen) atoms. The Bertz CT molecular complexity index is 2260. The van der Waals surface area contributed by atoms with Crippen molar-refractivity contribution in [1.82, 2.24) is 4.90 Å². The first-order chi connectivity index (χ1) is 28.0. The summed E-state index contributed by atoms with van der Waals surface area (Å²) in [5.41, 5.74) is 2.21. The summed E-state index contributed by atoms with van der Waals surface area (Å²) in [6.45, 7) is 8.03. The molecule has 16 heteroatoms. The van der Waals surface area contributed by atoms with Crippen molar-refractivity contribution >= 4 is 60.9 Å². The molecule has 4 amide bonds. The third-order valence-electron chi connectivity index (χ3n) is 12.5. The van der Waals surface area contributed by atoms with Crippen molar-refractivity contribution in [3.8, 4) is 0 Å². The zero-order chi connectivity index (χ0) is 42.1. The molecule has 3 fully saturated rings. The maximum atomic E-state index is 15.3. The van der Waals surface area contributed by atoms with Gasteiger partial charge in [-0.15, -0.1) is 0 Å². The fourth-order valence-electron chi connectivity index (χ4n) is 9.86. The Morgan fingerprint density at radius 3 is 2.07 bits per heavy atom. The number of rotatable bonds is 10. The second-order valence-electron chi connectivity index (χ2n) is 16.7. The lowest BCUT2D eigenvalue weighted by molar-refractivity contribution is -0.155. The summed E-state index contributed by atoms with van der Waals surface area (Å²) < 4.78 is 17.8. The van der Waals surface area contributed by atoms with Gasteiger partial charge in [0.15, 0.2) is 26.4 Å². The summed E-state index contributed by atoms with van der Waals surface area (Å²) in [5, 5.41) is 10.4. The van der Waals surface area contributed by atoms with Crippen LogP contribution in [-0.4, -0.2) is 89.9 Å². The number of β-lactam (4-membered cyclic amide) rings is 2. The second-order valence-corrected chi connectivity index (χ2v) is 20.7. The highest BCUT2D eigenvalue weighted by Crippen LogP contribution is 2.60. The molecule has 5 heterocycles. The van der Waals surface area contributed by atoms with Gasteiger partial charge < -0.3 is 33.9 Å². The number of aliphatic hydroxyl groups excluding tert-OH is 1. The van der Waals surface area contributed by atoms with Gasteiger partial charge in [-0.2, -0.15) is 0 Å². The van der Waals surface area contributed by atoms with Crippen molar-refractivity contribution < 1.29 is 52.9 Å². The molecule has 5 aliphatic rings. The number of esters is 2. The van der Waals surface area contributed by atoms with Gasteiger partial charge in [0, 0.05) is 48.8 Å². The Labute approximate surface area is 342 Å². The maximum absolute atomic E-state index is 15.3. The fraction of sp³-hybridized carbons (Fsp3) is 0.442. The number of carbonyl (C=O) groups excluding carboxylic acids is 6. The average Bonchev–Trinajstić information content (AvgIpc) is 3.59. The van der Waals surface area contributed by atoms with E-state index in [4.69, 9.17) is 14.2 Å². The summed E-state index contributed by atoms with van der Waals surface area (Å²) in [6.07, 6.45) is -2.07. The minimum atomic E-state index is -3.22. The molecule has 15 nitrogen and oxygen atoms in total. The zero-order valence-corrected chi connectivity index (χ0v) is 34.6.